The Labute approximate surface area is 143 Å². The summed E-state index contributed by atoms with van der Waals surface area (Å²) in [5.41, 5.74) is -0.323. The minimum Gasteiger partial charge on any atom is -0.392 e. The molecule has 0 saturated heterocycles. The Morgan fingerprint density at radius 2 is 1.84 bits per heavy atom. The summed E-state index contributed by atoms with van der Waals surface area (Å²) in [5.74, 6) is -0.651. The van der Waals surface area contributed by atoms with Gasteiger partial charge in [-0.25, -0.2) is 4.39 Å². The van der Waals surface area contributed by atoms with Crippen LogP contribution in [-0.4, -0.2) is 11.7 Å². The highest BCUT2D eigenvalue weighted by molar-refractivity contribution is 5.49. The molecule has 2 aromatic carbocycles. The fourth-order valence-electron chi connectivity index (χ4n) is 3.46. The average molecular weight is 353 g/mol. The van der Waals surface area contributed by atoms with E-state index in [4.69, 9.17) is 0 Å². The van der Waals surface area contributed by atoms with Crippen molar-refractivity contribution in [3.05, 3.63) is 70.0 Å². The van der Waals surface area contributed by atoms with Gasteiger partial charge in [0, 0.05) is 23.1 Å². The predicted molar refractivity (Wildman–Crippen MR) is 86.6 cm³/mol. The summed E-state index contributed by atoms with van der Waals surface area (Å²) >= 11 is 0. The van der Waals surface area contributed by atoms with E-state index in [9.17, 15) is 22.7 Å². The number of aliphatic hydroxyl groups is 1. The molecule has 134 valence electrons. The topological polar surface area (TPSA) is 32.3 Å². The molecule has 1 aliphatic heterocycles. The van der Waals surface area contributed by atoms with Gasteiger partial charge in [0.05, 0.1) is 18.2 Å². The number of alkyl halides is 3. The molecule has 0 radical (unpaired) electrons. The van der Waals surface area contributed by atoms with Crippen LogP contribution in [0.25, 0.3) is 0 Å². The number of halogens is 4. The molecule has 0 aliphatic carbocycles. The van der Waals surface area contributed by atoms with E-state index in [2.05, 4.69) is 5.32 Å². The zero-order valence-electron chi connectivity index (χ0n) is 13.9. The van der Waals surface area contributed by atoms with Gasteiger partial charge in [-0.2, -0.15) is 13.2 Å². The van der Waals surface area contributed by atoms with Gasteiger partial charge in [-0.3, -0.25) is 0 Å². The molecular weight excluding hydrogens is 334 g/mol. The first-order chi connectivity index (χ1) is 11.7. The van der Waals surface area contributed by atoms with Crippen molar-refractivity contribution < 1.29 is 22.7 Å². The van der Waals surface area contributed by atoms with Crippen molar-refractivity contribution in [2.24, 2.45) is 0 Å². The van der Waals surface area contributed by atoms with Crippen LogP contribution in [-0.2, 0) is 18.2 Å². The van der Waals surface area contributed by atoms with E-state index < -0.39 is 35.6 Å². The fourth-order valence-corrected chi connectivity index (χ4v) is 3.46. The average Bonchev–Trinajstić information content (AvgIpc) is 2.55. The highest BCUT2D eigenvalue weighted by Gasteiger charge is 2.40. The first kappa shape index (κ1) is 17.9. The van der Waals surface area contributed by atoms with E-state index in [0.29, 0.717) is 12.1 Å². The van der Waals surface area contributed by atoms with Gasteiger partial charge in [0.25, 0.3) is 0 Å². The Hall–Kier alpha value is -1.92. The molecule has 2 nitrogen and oxygen atoms in total. The third-order valence-electron chi connectivity index (χ3n) is 4.77. The summed E-state index contributed by atoms with van der Waals surface area (Å²) in [5, 5.41) is 12.4. The summed E-state index contributed by atoms with van der Waals surface area (Å²) < 4.78 is 55.2. The number of fused-ring (bicyclic) bond motifs is 1. The molecule has 0 aromatic heterocycles. The maximum absolute atomic E-state index is 15.0. The van der Waals surface area contributed by atoms with Gasteiger partial charge in [-0.15, -0.1) is 0 Å². The van der Waals surface area contributed by atoms with E-state index in [1.807, 2.05) is 13.8 Å². The second-order valence-electron chi connectivity index (χ2n) is 6.94. The molecule has 2 aromatic rings. The Morgan fingerprint density at radius 1 is 1.16 bits per heavy atom. The highest BCUT2D eigenvalue weighted by atomic mass is 19.4. The highest BCUT2D eigenvalue weighted by Crippen LogP contribution is 2.43. The SMILES string of the molecule is CC1(C)CNC(c2ccccc2C(F)(F)F)c2c1ccc(CO)c2F. The van der Waals surface area contributed by atoms with E-state index >= 15 is 0 Å². The van der Waals surface area contributed by atoms with Crippen LogP contribution in [0.2, 0.25) is 0 Å². The van der Waals surface area contributed by atoms with Crippen molar-refractivity contribution in [3.63, 3.8) is 0 Å². The molecule has 3 rings (SSSR count). The quantitative estimate of drug-likeness (QED) is 0.789. The molecule has 1 aliphatic rings. The van der Waals surface area contributed by atoms with E-state index in [0.717, 1.165) is 6.07 Å². The van der Waals surface area contributed by atoms with Crippen LogP contribution in [0.4, 0.5) is 17.6 Å². The smallest absolute Gasteiger partial charge is 0.392 e. The Kier molecular flexibility index (Phi) is 4.37. The van der Waals surface area contributed by atoms with Gasteiger partial charge in [-0.1, -0.05) is 44.2 Å². The molecule has 0 amide bonds. The van der Waals surface area contributed by atoms with Crippen LogP contribution < -0.4 is 5.32 Å². The number of hydrogen-bond donors (Lipinski definition) is 2. The Morgan fingerprint density at radius 3 is 2.48 bits per heavy atom. The van der Waals surface area contributed by atoms with Crippen molar-refractivity contribution >= 4 is 0 Å². The van der Waals surface area contributed by atoms with E-state index in [1.54, 1.807) is 6.07 Å². The molecule has 0 spiro atoms. The van der Waals surface area contributed by atoms with Gasteiger partial charge >= 0.3 is 6.18 Å². The van der Waals surface area contributed by atoms with Crippen LogP contribution >= 0.6 is 0 Å². The Balaban J connectivity index is 2.26. The van der Waals surface area contributed by atoms with E-state index in [1.165, 1.54) is 24.3 Å². The van der Waals surface area contributed by atoms with E-state index in [-0.39, 0.29) is 16.7 Å². The molecule has 0 saturated carbocycles. The number of aliphatic hydroxyl groups excluding tert-OH is 1. The van der Waals surface area contributed by atoms with Crippen LogP contribution in [0.5, 0.6) is 0 Å². The minimum absolute atomic E-state index is 0.0132. The second-order valence-corrected chi connectivity index (χ2v) is 6.94. The number of hydrogen-bond acceptors (Lipinski definition) is 2. The predicted octanol–water partition coefficient (Wildman–Crippen LogP) is 4.31. The van der Waals surface area contributed by atoms with Crippen molar-refractivity contribution in [2.45, 2.75) is 38.1 Å². The molecule has 0 bridgehead atoms. The molecule has 1 heterocycles. The summed E-state index contributed by atoms with van der Waals surface area (Å²) in [7, 11) is 0. The zero-order valence-corrected chi connectivity index (χ0v) is 13.9. The van der Waals surface area contributed by atoms with Crippen LogP contribution in [0.1, 0.15) is 47.7 Å². The Bertz CT molecular complexity index is 798. The lowest BCUT2D eigenvalue weighted by atomic mass is 9.74. The van der Waals surface area contributed by atoms with Crippen molar-refractivity contribution in [1.82, 2.24) is 5.32 Å². The van der Waals surface area contributed by atoms with Crippen LogP contribution in [0, 0.1) is 5.82 Å². The van der Waals surface area contributed by atoms with Crippen LogP contribution in [0.15, 0.2) is 36.4 Å². The number of rotatable bonds is 2. The summed E-state index contributed by atoms with van der Waals surface area (Å²) in [6.07, 6.45) is -4.53. The monoisotopic (exact) mass is 353 g/mol. The molecule has 1 unspecified atom stereocenters. The number of nitrogens with one attached hydrogen (secondary N) is 1. The molecule has 1 atom stereocenters. The summed E-state index contributed by atoms with van der Waals surface area (Å²) in [4.78, 5) is 0. The molecular formula is C19H19F4NO. The van der Waals surface area contributed by atoms with Gasteiger partial charge in [-0.05, 0) is 17.2 Å². The molecule has 2 N–H and O–H groups in total. The van der Waals surface area contributed by atoms with Crippen molar-refractivity contribution in [2.75, 3.05) is 6.54 Å². The first-order valence-electron chi connectivity index (χ1n) is 7.99. The van der Waals surface area contributed by atoms with Crippen molar-refractivity contribution in [1.29, 1.82) is 0 Å². The van der Waals surface area contributed by atoms with Crippen molar-refractivity contribution in [3.8, 4) is 0 Å². The molecule has 6 heteroatoms. The normalized spacial score (nSPS) is 19.6. The van der Waals surface area contributed by atoms with Gasteiger partial charge in [0.15, 0.2) is 0 Å². The lowest BCUT2D eigenvalue weighted by Gasteiger charge is -2.39. The minimum atomic E-state index is -4.53. The van der Waals surface area contributed by atoms with Gasteiger partial charge in [0.2, 0.25) is 0 Å². The molecule has 0 fully saturated rings. The molecule has 25 heavy (non-hydrogen) atoms. The first-order valence-corrected chi connectivity index (χ1v) is 7.99. The van der Waals surface area contributed by atoms with Gasteiger partial charge < -0.3 is 10.4 Å². The largest absolute Gasteiger partial charge is 0.416 e. The maximum Gasteiger partial charge on any atom is 0.416 e. The summed E-state index contributed by atoms with van der Waals surface area (Å²) in [6, 6.07) is 7.48. The van der Waals surface area contributed by atoms with Gasteiger partial charge in [0.1, 0.15) is 5.82 Å². The lowest BCUT2D eigenvalue weighted by molar-refractivity contribution is -0.138. The lowest BCUT2D eigenvalue weighted by Crippen LogP contribution is -2.43. The maximum atomic E-state index is 15.0. The van der Waals surface area contributed by atoms with Crippen LogP contribution in [0.3, 0.4) is 0 Å². The number of benzene rings is 2. The third-order valence-corrected chi connectivity index (χ3v) is 4.77. The summed E-state index contributed by atoms with van der Waals surface area (Å²) in [6.45, 7) is 3.72. The standard InChI is InChI=1S/C19H19F4NO/c1-18(2)10-24-17(12-5-3-4-6-13(12)19(21,22)23)15-14(18)8-7-11(9-25)16(15)20/h3-8,17,24-25H,9-10H2,1-2H3. The fraction of sp³-hybridized carbons (Fsp3) is 0.368. The zero-order chi connectivity index (χ0) is 18.4. The second kappa shape index (κ2) is 6.11. The third kappa shape index (κ3) is 3.04.